The molecule has 104 valence electrons. The zero-order valence-corrected chi connectivity index (χ0v) is 12.2. The minimum absolute atomic E-state index is 0.381. The summed E-state index contributed by atoms with van der Waals surface area (Å²) in [7, 11) is 2.23. The highest BCUT2D eigenvalue weighted by Gasteiger charge is 2.34. The summed E-state index contributed by atoms with van der Waals surface area (Å²) in [5.74, 6) is 2.64. The summed E-state index contributed by atoms with van der Waals surface area (Å²) < 4.78 is 0. The Morgan fingerprint density at radius 1 is 1.37 bits per heavy atom. The maximum atomic E-state index is 6.04. The maximum Gasteiger partial charge on any atom is 0.0467 e. The molecule has 2 fully saturated rings. The summed E-state index contributed by atoms with van der Waals surface area (Å²) in [6, 6.07) is 9.50. The van der Waals surface area contributed by atoms with Crippen molar-refractivity contribution >= 4 is 0 Å². The number of likely N-dealkylation sites (N-methyl/N-ethyl adjacent to an activating group) is 1. The Bertz CT molecular complexity index is 439. The van der Waals surface area contributed by atoms with Crippen LogP contribution < -0.4 is 5.73 Å². The fourth-order valence-electron chi connectivity index (χ4n) is 3.16. The summed E-state index contributed by atoms with van der Waals surface area (Å²) >= 11 is 0. The Hall–Kier alpha value is -0.860. The summed E-state index contributed by atoms with van der Waals surface area (Å²) in [5.41, 5.74) is 8.96. The smallest absolute Gasteiger partial charge is 0.0467 e. The molecule has 3 atom stereocenters. The molecule has 0 amide bonds. The van der Waals surface area contributed by atoms with Gasteiger partial charge in [0.15, 0.2) is 0 Å². The predicted molar refractivity (Wildman–Crippen MR) is 80.1 cm³/mol. The molecule has 2 heteroatoms. The minimum Gasteiger partial charge on any atom is -0.329 e. The van der Waals surface area contributed by atoms with Gasteiger partial charge in [-0.1, -0.05) is 31.2 Å². The Kier molecular flexibility index (Phi) is 3.64. The number of benzene rings is 1. The number of hydrogen-bond acceptors (Lipinski definition) is 2. The number of hydrogen-bond donors (Lipinski definition) is 1. The summed E-state index contributed by atoms with van der Waals surface area (Å²) in [6.07, 6.45) is 4.13. The van der Waals surface area contributed by atoms with Crippen LogP contribution in [0, 0.1) is 11.8 Å². The van der Waals surface area contributed by atoms with E-state index in [9.17, 15) is 0 Å². The van der Waals surface area contributed by atoms with Crippen molar-refractivity contribution in [3.05, 3.63) is 35.4 Å². The first-order chi connectivity index (χ1) is 9.19. The quantitative estimate of drug-likeness (QED) is 0.849. The molecule has 2 nitrogen and oxygen atoms in total. The van der Waals surface area contributed by atoms with Crippen LogP contribution >= 0.6 is 0 Å². The average Bonchev–Trinajstić information content (AvgIpc) is 3.29. The van der Waals surface area contributed by atoms with Crippen molar-refractivity contribution < 1.29 is 0 Å². The van der Waals surface area contributed by atoms with Gasteiger partial charge >= 0.3 is 0 Å². The summed E-state index contributed by atoms with van der Waals surface area (Å²) in [4.78, 5) is 2.46. The van der Waals surface area contributed by atoms with Crippen LogP contribution in [0.5, 0.6) is 0 Å². The lowest BCUT2D eigenvalue weighted by Gasteiger charge is -2.28. The second kappa shape index (κ2) is 5.26. The van der Waals surface area contributed by atoms with E-state index in [-0.39, 0.29) is 0 Å². The van der Waals surface area contributed by atoms with Crippen molar-refractivity contribution in [1.29, 1.82) is 0 Å². The van der Waals surface area contributed by atoms with Gasteiger partial charge in [0.1, 0.15) is 0 Å². The number of nitrogens with two attached hydrogens (primary N) is 1. The highest BCUT2D eigenvalue weighted by molar-refractivity contribution is 5.31. The lowest BCUT2D eigenvalue weighted by atomic mass is 10.0. The van der Waals surface area contributed by atoms with Gasteiger partial charge in [0.05, 0.1) is 0 Å². The van der Waals surface area contributed by atoms with Gasteiger partial charge in [0, 0.05) is 19.1 Å². The Balaban J connectivity index is 1.71. The van der Waals surface area contributed by atoms with Crippen LogP contribution in [0.25, 0.3) is 0 Å². The zero-order valence-electron chi connectivity index (χ0n) is 12.2. The SMILES string of the molecule is CC1CC1CN(C)C(CN)c1cccc(C2CC2)c1. The summed E-state index contributed by atoms with van der Waals surface area (Å²) in [6.45, 7) is 4.26. The third kappa shape index (κ3) is 3.01. The highest BCUT2D eigenvalue weighted by atomic mass is 15.1. The van der Waals surface area contributed by atoms with Gasteiger partial charge in [0.2, 0.25) is 0 Å². The van der Waals surface area contributed by atoms with Crippen molar-refractivity contribution in [1.82, 2.24) is 4.90 Å². The molecule has 2 aliphatic carbocycles. The van der Waals surface area contributed by atoms with Crippen LogP contribution in [0.15, 0.2) is 24.3 Å². The van der Waals surface area contributed by atoms with Crippen LogP contribution in [0.4, 0.5) is 0 Å². The molecule has 19 heavy (non-hydrogen) atoms. The first-order valence-electron chi connectivity index (χ1n) is 7.69. The van der Waals surface area contributed by atoms with Crippen molar-refractivity contribution in [2.45, 2.75) is 38.1 Å². The normalized spacial score (nSPS) is 27.6. The molecule has 1 aromatic rings. The molecular weight excluding hydrogens is 232 g/mol. The predicted octanol–water partition coefficient (Wildman–Crippen LogP) is 3.15. The standard InChI is InChI=1S/C17H26N2/c1-12-8-16(12)11-19(2)17(10-18)15-5-3-4-14(9-15)13-6-7-13/h3-5,9,12-13,16-17H,6-8,10-11,18H2,1-2H3. The molecule has 2 N–H and O–H groups in total. The third-order valence-electron chi connectivity index (χ3n) is 4.90. The molecule has 0 aliphatic heterocycles. The highest BCUT2D eigenvalue weighted by Crippen LogP contribution is 2.41. The second-order valence-corrected chi connectivity index (χ2v) is 6.61. The second-order valence-electron chi connectivity index (χ2n) is 6.61. The molecular formula is C17H26N2. The zero-order chi connectivity index (χ0) is 13.4. The lowest BCUT2D eigenvalue weighted by Crippen LogP contribution is -2.32. The van der Waals surface area contributed by atoms with Crippen molar-refractivity contribution in [3.8, 4) is 0 Å². The summed E-state index contributed by atoms with van der Waals surface area (Å²) in [5, 5.41) is 0. The van der Waals surface area contributed by atoms with Gasteiger partial charge in [-0.25, -0.2) is 0 Å². The van der Waals surface area contributed by atoms with Crippen molar-refractivity contribution in [3.63, 3.8) is 0 Å². The Labute approximate surface area is 117 Å². The van der Waals surface area contributed by atoms with E-state index in [0.717, 1.165) is 17.8 Å². The molecule has 0 saturated heterocycles. The molecule has 0 spiro atoms. The lowest BCUT2D eigenvalue weighted by molar-refractivity contribution is 0.237. The molecule has 0 aromatic heterocycles. The Morgan fingerprint density at radius 2 is 2.11 bits per heavy atom. The maximum absolute atomic E-state index is 6.04. The monoisotopic (exact) mass is 258 g/mol. The van der Waals surface area contributed by atoms with E-state index in [2.05, 4.69) is 43.1 Å². The van der Waals surface area contributed by atoms with Crippen LogP contribution in [0.2, 0.25) is 0 Å². The average molecular weight is 258 g/mol. The van der Waals surface area contributed by atoms with Crippen molar-refractivity contribution in [2.75, 3.05) is 20.1 Å². The topological polar surface area (TPSA) is 29.3 Å². The van der Waals surface area contributed by atoms with Gasteiger partial charge < -0.3 is 5.73 Å². The van der Waals surface area contributed by atoms with E-state index in [1.54, 1.807) is 0 Å². The van der Waals surface area contributed by atoms with Crippen LogP contribution in [0.3, 0.4) is 0 Å². The van der Waals surface area contributed by atoms with E-state index in [0.29, 0.717) is 12.6 Å². The van der Waals surface area contributed by atoms with Crippen molar-refractivity contribution in [2.24, 2.45) is 17.6 Å². The third-order valence-corrected chi connectivity index (χ3v) is 4.90. The number of nitrogens with zero attached hydrogens (tertiary/aromatic N) is 1. The largest absolute Gasteiger partial charge is 0.329 e. The molecule has 0 radical (unpaired) electrons. The van der Waals surface area contributed by atoms with E-state index in [4.69, 9.17) is 5.73 Å². The van der Waals surface area contributed by atoms with Gasteiger partial charge in [-0.2, -0.15) is 0 Å². The fourth-order valence-corrected chi connectivity index (χ4v) is 3.16. The van der Waals surface area contributed by atoms with Gasteiger partial charge in [0.25, 0.3) is 0 Å². The molecule has 3 unspecified atom stereocenters. The van der Waals surface area contributed by atoms with Crippen LogP contribution in [-0.2, 0) is 0 Å². The van der Waals surface area contributed by atoms with E-state index in [1.807, 2.05) is 0 Å². The first-order valence-corrected chi connectivity index (χ1v) is 7.69. The van der Waals surface area contributed by atoms with E-state index >= 15 is 0 Å². The Morgan fingerprint density at radius 3 is 2.68 bits per heavy atom. The first kappa shape index (κ1) is 13.1. The molecule has 2 saturated carbocycles. The van der Waals surface area contributed by atoms with Crippen LogP contribution in [-0.4, -0.2) is 25.0 Å². The molecule has 1 aromatic carbocycles. The van der Waals surface area contributed by atoms with Gasteiger partial charge in [-0.15, -0.1) is 0 Å². The molecule has 2 aliphatic rings. The van der Waals surface area contributed by atoms with Gasteiger partial charge in [-0.3, -0.25) is 4.90 Å². The van der Waals surface area contributed by atoms with E-state index in [1.165, 1.54) is 36.9 Å². The fraction of sp³-hybridized carbons (Fsp3) is 0.647. The molecule has 3 rings (SSSR count). The van der Waals surface area contributed by atoms with Crippen LogP contribution in [0.1, 0.15) is 49.3 Å². The number of rotatable bonds is 6. The van der Waals surface area contributed by atoms with E-state index < -0.39 is 0 Å². The minimum atomic E-state index is 0.381. The molecule has 0 heterocycles. The van der Waals surface area contributed by atoms with Gasteiger partial charge in [-0.05, 0) is 55.2 Å². The molecule has 0 bridgehead atoms.